The van der Waals surface area contributed by atoms with Gasteiger partial charge in [-0.25, -0.2) is 0 Å². The number of nitrogens with one attached hydrogen (secondary N) is 1. The first-order valence-corrected chi connectivity index (χ1v) is 6.99. The number of rotatable bonds is 6. The van der Waals surface area contributed by atoms with Gasteiger partial charge in [-0.1, -0.05) is 37.6 Å². The first-order chi connectivity index (χ1) is 10.2. The first kappa shape index (κ1) is 16.6. The zero-order valence-electron chi connectivity index (χ0n) is 12.5. The standard InChI is InChI=1S/C17H21N3O/c1-3-4-6-14(11-19)15-7-5-8-17(21)16(15)9-13(10-18)12-20-2/h5-10,12,15-16,18,21H,3-4H2,1-2H3/b13-9+,14-6+,18-10?,20-12?. The minimum absolute atomic E-state index is 0.198. The van der Waals surface area contributed by atoms with Crippen LogP contribution in [0.5, 0.6) is 0 Å². The molecular weight excluding hydrogens is 262 g/mol. The number of hydrogen-bond acceptors (Lipinski definition) is 4. The Morgan fingerprint density at radius 1 is 1.57 bits per heavy atom. The van der Waals surface area contributed by atoms with Gasteiger partial charge in [0.2, 0.25) is 0 Å². The summed E-state index contributed by atoms with van der Waals surface area (Å²) in [6.45, 7) is 2.06. The van der Waals surface area contributed by atoms with Gasteiger partial charge in [-0.15, -0.1) is 0 Å². The summed E-state index contributed by atoms with van der Waals surface area (Å²) in [7, 11) is 1.63. The number of aliphatic hydroxyl groups excluding tert-OH is 1. The van der Waals surface area contributed by atoms with Crippen LogP contribution in [0.15, 0.2) is 52.3 Å². The molecule has 0 heterocycles. The summed E-state index contributed by atoms with van der Waals surface area (Å²) in [4.78, 5) is 3.89. The van der Waals surface area contributed by atoms with Crippen LogP contribution >= 0.6 is 0 Å². The predicted octanol–water partition coefficient (Wildman–Crippen LogP) is 3.76. The zero-order chi connectivity index (χ0) is 15.7. The van der Waals surface area contributed by atoms with Crippen molar-refractivity contribution in [2.24, 2.45) is 16.8 Å². The van der Waals surface area contributed by atoms with E-state index in [1.807, 2.05) is 12.2 Å². The topological polar surface area (TPSA) is 80.2 Å². The van der Waals surface area contributed by atoms with E-state index in [4.69, 9.17) is 5.41 Å². The molecule has 4 nitrogen and oxygen atoms in total. The van der Waals surface area contributed by atoms with E-state index < -0.39 is 0 Å². The molecule has 0 aromatic carbocycles. The number of allylic oxidation sites excluding steroid dienone is 7. The van der Waals surface area contributed by atoms with Crippen LogP contribution in [0.4, 0.5) is 0 Å². The summed E-state index contributed by atoms with van der Waals surface area (Å²) in [6, 6.07) is 2.23. The van der Waals surface area contributed by atoms with Crippen LogP contribution in [-0.2, 0) is 0 Å². The minimum Gasteiger partial charge on any atom is -0.512 e. The van der Waals surface area contributed by atoms with Crippen LogP contribution in [0.2, 0.25) is 0 Å². The van der Waals surface area contributed by atoms with Crippen molar-refractivity contribution in [1.82, 2.24) is 0 Å². The molecule has 1 aliphatic carbocycles. The van der Waals surface area contributed by atoms with Crippen molar-refractivity contribution in [3.05, 3.63) is 47.3 Å². The van der Waals surface area contributed by atoms with Gasteiger partial charge in [-0.05, 0) is 12.5 Å². The molecule has 0 radical (unpaired) electrons. The summed E-state index contributed by atoms with van der Waals surface area (Å²) in [6.07, 6.45) is 13.6. The quantitative estimate of drug-likeness (QED) is 0.575. The van der Waals surface area contributed by atoms with Gasteiger partial charge < -0.3 is 10.5 Å². The molecule has 0 amide bonds. The summed E-state index contributed by atoms with van der Waals surface area (Å²) < 4.78 is 0. The van der Waals surface area contributed by atoms with Crippen molar-refractivity contribution in [3.63, 3.8) is 0 Å². The Balaban J connectivity index is 3.18. The van der Waals surface area contributed by atoms with Gasteiger partial charge in [0, 0.05) is 42.5 Å². The maximum Gasteiger partial charge on any atom is 0.100 e. The third-order valence-corrected chi connectivity index (χ3v) is 3.27. The maximum atomic E-state index is 10.1. The normalized spacial score (nSPS) is 23.0. The first-order valence-electron chi connectivity index (χ1n) is 6.99. The second-order valence-electron chi connectivity index (χ2n) is 4.79. The molecular formula is C17H21N3O. The Hall–Kier alpha value is -2.41. The van der Waals surface area contributed by atoms with Crippen molar-refractivity contribution in [2.75, 3.05) is 7.05 Å². The summed E-state index contributed by atoms with van der Waals surface area (Å²) in [5.41, 5.74) is 1.25. The number of hydrogen-bond donors (Lipinski definition) is 2. The van der Waals surface area contributed by atoms with Crippen LogP contribution in [0.1, 0.15) is 19.8 Å². The highest BCUT2D eigenvalue weighted by atomic mass is 16.3. The smallest absolute Gasteiger partial charge is 0.100 e. The molecule has 2 unspecified atom stereocenters. The third kappa shape index (κ3) is 4.57. The summed E-state index contributed by atoms with van der Waals surface area (Å²) >= 11 is 0. The molecule has 0 aromatic rings. The van der Waals surface area contributed by atoms with E-state index in [2.05, 4.69) is 18.0 Å². The van der Waals surface area contributed by atoms with Gasteiger partial charge in [-0.2, -0.15) is 5.26 Å². The van der Waals surface area contributed by atoms with E-state index in [-0.39, 0.29) is 17.6 Å². The van der Waals surface area contributed by atoms with Gasteiger partial charge in [0.25, 0.3) is 0 Å². The molecule has 0 saturated heterocycles. The van der Waals surface area contributed by atoms with Crippen molar-refractivity contribution < 1.29 is 5.11 Å². The molecule has 4 heteroatoms. The lowest BCUT2D eigenvalue weighted by atomic mass is 9.80. The van der Waals surface area contributed by atoms with E-state index in [9.17, 15) is 10.4 Å². The predicted molar refractivity (Wildman–Crippen MR) is 86.7 cm³/mol. The lowest BCUT2D eigenvalue weighted by molar-refractivity contribution is 0.332. The van der Waals surface area contributed by atoms with Crippen LogP contribution in [0.25, 0.3) is 0 Å². The number of unbranched alkanes of at least 4 members (excludes halogenated alkanes) is 1. The highest BCUT2D eigenvalue weighted by Crippen LogP contribution is 2.32. The Morgan fingerprint density at radius 3 is 2.90 bits per heavy atom. The van der Waals surface area contributed by atoms with Gasteiger partial charge in [-0.3, -0.25) is 4.99 Å². The fraction of sp³-hybridized carbons (Fsp3) is 0.353. The number of aliphatic hydroxyl groups is 1. The van der Waals surface area contributed by atoms with Gasteiger partial charge in [0.05, 0.1) is 6.07 Å². The average Bonchev–Trinajstić information content (AvgIpc) is 2.50. The van der Waals surface area contributed by atoms with Gasteiger partial charge >= 0.3 is 0 Å². The van der Waals surface area contributed by atoms with Crippen molar-refractivity contribution in [2.45, 2.75) is 19.8 Å². The van der Waals surface area contributed by atoms with Crippen LogP contribution in [0, 0.1) is 28.6 Å². The SMILES string of the molecule is CCC/C=C(\C#N)C1C=CC=C(O)C1/C=C(\C=N)C=NC. The molecule has 1 aliphatic rings. The minimum atomic E-state index is -0.340. The van der Waals surface area contributed by atoms with Gasteiger partial charge in [0.1, 0.15) is 5.76 Å². The molecule has 0 spiro atoms. The van der Waals surface area contributed by atoms with Crippen LogP contribution in [0.3, 0.4) is 0 Å². The molecule has 0 aliphatic heterocycles. The third-order valence-electron chi connectivity index (χ3n) is 3.27. The molecule has 2 atom stereocenters. The Kier molecular flexibility index (Phi) is 6.90. The molecule has 0 aromatic heterocycles. The molecule has 21 heavy (non-hydrogen) atoms. The van der Waals surface area contributed by atoms with E-state index in [0.29, 0.717) is 11.1 Å². The largest absolute Gasteiger partial charge is 0.512 e. The van der Waals surface area contributed by atoms with Crippen molar-refractivity contribution in [3.8, 4) is 6.07 Å². The van der Waals surface area contributed by atoms with E-state index in [1.54, 1.807) is 31.5 Å². The molecule has 0 saturated carbocycles. The monoisotopic (exact) mass is 283 g/mol. The Morgan fingerprint density at radius 2 is 2.33 bits per heavy atom. The second-order valence-corrected chi connectivity index (χ2v) is 4.79. The average molecular weight is 283 g/mol. The molecule has 110 valence electrons. The lowest BCUT2D eigenvalue weighted by Gasteiger charge is -2.24. The highest BCUT2D eigenvalue weighted by molar-refractivity contribution is 6.02. The van der Waals surface area contributed by atoms with Crippen molar-refractivity contribution in [1.29, 1.82) is 10.7 Å². The number of nitriles is 1. The highest BCUT2D eigenvalue weighted by Gasteiger charge is 2.26. The van der Waals surface area contributed by atoms with Crippen LogP contribution < -0.4 is 0 Å². The molecule has 0 bridgehead atoms. The van der Waals surface area contributed by atoms with Crippen LogP contribution in [-0.4, -0.2) is 24.6 Å². The van der Waals surface area contributed by atoms with E-state index in [0.717, 1.165) is 12.8 Å². The van der Waals surface area contributed by atoms with E-state index in [1.165, 1.54) is 6.21 Å². The number of nitrogens with zero attached hydrogens (tertiary/aromatic N) is 2. The molecule has 1 rings (SSSR count). The zero-order valence-corrected chi connectivity index (χ0v) is 12.5. The molecule has 0 fully saturated rings. The van der Waals surface area contributed by atoms with Crippen molar-refractivity contribution >= 4 is 12.4 Å². The molecule has 2 N–H and O–H groups in total. The fourth-order valence-electron chi connectivity index (χ4n) is 2.22. The lowest BCUT2D eigenvalue weighted by Crippen LogP contribution is -2.18. The Bertz CT molecular complexity index is 559. The second kappa shape index (κ2) is 8.70. The van der Waals surface area contributed by atoms with Gasteiger partial charge in [0.15, 0.2) is 0 Å². The fourth-order valence-corrected chi connectivity index (χ4v) is 2.22. The van der Waals surface area contributed by atoms with E-state index >= 15 is 0 Å². The number of aliphatic imine (C=N–C) groups is 1. The summed E-state index contributed by atoms with van der Waals surface area (Å²) in [5.74, 6) is -0.344. The maximum absolute atomic E-state index is 10.1. The Labute approximate surface area is 126 Å². The summed E-state index contributed by atoms with van der Waals surface area (Å²) in [5, 5.41) is 26.9.